The molecule has 0 N–H and O–H groups in total. The summed E-state index contributed by atoms with van der Waals surface area (Å²) in [6.45, 7) is 9.93. The first-order valence-electron chi connectivity index (χ1n) is 2.68. The van der Waals surface area contributed by atoms with Crippen LogP contribution in [0.25, 0.3) is 0 Å². The molecule has 0 atom stereocenters. The van der Waals surface area contributed by atoms with Gasteiger partial charge in [-0.25, -0.2) is 0 Å². The Kier molecular flexibility index (Phi) is 50.6. The van der Waals surface area contributed by atoms with Crippen molar-refractivity contribution >= 4 is 5.78 Å². The van der Waals surface area contributed by atoms with E-state index in [-0.39, 0.29) is 71.2 Å². The van der Waals surface area contributed by atoms with Crippen molar-refractivity contribution in [3.05, 3.63) is 12.7 Å². The maximum Gasteiger partial charge on any atom is 0.129 e. The van der Waals surface area contributed by atoms with Gasteiger partial charge in [0, 0.05) is 71.8 Å². The maximum atomic E-state index is 9.81. The number of allylic oxidation sites excluding steroid dienone is 1. The average Bonchev–Trinajstić information content (AvgIpc) is 1.69. The molecule has 0 spiro atoms. The van der Waals surface area contributed by atoms with Gasteiger partial charge in [0.05, 0.1) is 0 Å². The normalized spacial score (nSPS) is 5.10. The van der Waals surface area contributed by atoms with Crippen molar-refractivity contribution in [2.24, 2.45) is 0 Å². The second-order valence-electron chi connectivity index (χ2n) is 1.39. The first kappa shape index (κ1) is 22.6. The number of ketones is 1. The van der Waals surface area contributed by atoms with Crippen molar-refractivity contribution in [3.63, 3.8) is 0 Å². The van der Waals surface area contributed by atoms with E-state index < -0.39 is 0 Å². The van der Waals surface area contributed by atoms with Crippen LogP contribution in [0.1, 0.15) is 27.2 Å². The van der Waals surface area contributed by atoms with E-state index >= 15 is 0 Å². The topological polar surface area (TPSA) is 17.1 Å². The smallest absolute Gasteiger partial charge is 0.129 e. The standard InChI is InChI=1S/C4H8O.C3H5.2Y/c1-3-4(2)5;1-3-2;;/h3H2,1-2H3;1,3H,2H3;;/q;-1;;. The van der Waals surface area contributed by atoms with Crippen molar-refractivity contribution in [2.45, 2.75) is 27.2 Å². The second-order valence-corrected chi connectivity index (χ2v) is 1.39. The molecule has 54 valence electrons. The molecule has 0 aliphatic carbocycles. The largest absolute Gasteiger partial charge is 0.518 e. The predicted molar refractivity (Wildman–Crippen MR) is 35.5 cm³/mol. The van der Waals surface area contributed by atoms with E-state index in [0.717, 1.165) is 0 Å². The summed E-state index contributed by atoms with van der Waals surface area (Å²) in [6.07, 6.45) is 2.17. The first-order chi connectivity index (χ1) is 3.68. The summed E-state index contributed by atoms with van der Waals surface area (Å²) >= 11 is 0. The molecule has 0 fully saturated rings. The minimum absolute atomic E-state index is 0. The quantitative estimate of drug-likeness (QED) is 0.675. The number of Topliss-reactive ketones (excluding diaryl/α,β-unsaturated/α-hetero) is 1. The van der Waals surface area contributed by atoms with E-state index in [2.05, 4.69) is 0 Å². The van der Waals surface area contributed by atoms with Crippen LogP contribution in [0.4, 0.5) is 0 Å². The van der Waals surface area contributed by atoms with E-state index in [1.807, 2.05) is 6.92 Å². The van der Waals surface area contributed by atoms with Gasteiger partial charge in [-0.1, -0.05) is 13.8 Å². The Bertz CT molecular complexity index is 72.0. The third kappa shape index (κ3) is 54.6. The molecule has 0 saturated carbocycles. The van der Waals surface area contributed by atoms with E-state index in [9.17, 15) is 4.79 Å². The Morgan fingerprint density at radius 1 is 1.50 bits per heavy atom. The summed E-state index contributed by atoms with van der Waals surface area (Å²) in [5.41, 5.74) is 0. The molecule has 0 heterocycles. The van der Waals surface area contributed by atoms with Gasteiger partial charge in [-0.2, -0.15) is 0 Å². The fourth-order valence-corrected chi connectivity index (χ4v) is 0. The molecule has 0 aliphatic rings. The Morgan fingerprint density at radius 2 is 1.60 bits per heavy atom. The molecule has 0 unspecified atom stereocenters. The molecule has 0 amide bonds. The zero-order valence-corrected chi connectivity index (χ0v) is 12.6. The van der Waals surface area contributed by atoms with E-state index in [4.69, 9.17) is 6.58 Å². The van der Waals surface area contributed by atoms with Gasteiger partial charge < -0.3 is 11.4 Å². The third-order valence-electron chi connectivity index (χ3n) is 0.498. The van der Waals surface area contributed by atoms with Gasteiger partial charge in [-0.3, -0.25) is 6.08 Å². The van der Waals surface area contributed by atoms with Crippen molar-refractivity contribution in [2.75, 3.05) is 0 Å². The Balaban J connectivity index is -0.0000000326. The molecule has 10 heavy (non-hydrogen) atoms. The molecule has 0 saturated heterocycles. The third-order valence-corrected chi connectivity index (χ3v) is 0.498. The van der Waals surface area contributed by atoms with Crippen LogP contribution in [0, 0.1) is 6.58 Å². The van der Waals surface area contributed by atoms with E-state index in [1.165, 1.54) is 6.08 Å². The van der Waals surface area contributed by atoms with Gasteiger partial charge >= 0.3 is 0 Å². The molecule has 0 aliphatic heterocycles. The summed E-state index contributed by atoms with van der Waals surface area (Å²) in [5, 5.41) is 0. The van der Waals surface area contributed by atoms with Crippen LogP contribution in [-0.4, -0.2) is 5.78 Å². The first-order valence-corrected chi connectivity index (χ1v) is 2.68. The molecule has 0 rings (SSSR count). The van der Waals surface area contributed by atoms with Crippen molar-refractivity contribution in [1.82, 2.24) is 0 Å². The minimum Gasteiger partial charge on any atom is -0.518 e. The van der Waals surface area contributed by atoms with E-state index in [0.29, 0.717) is 6.42 Å². The van der Waals surface area contributed by atoms with Gasteiger partial charge in [-0.15, -0.1) is 0 Å². The predicted octanol–water partition coefficient (Wildman–Crippen LogP) is 1.98. The molecule has 0 aromatic rings. The Hall–Kier alpha value is 1.62. The zero-order chi connectivity index (χ0) is 6.99. The monoisotopic (exact) mass is 291 g/mol. The van der Waals surface area contributed by atoms with Gasteiger partial charge in [0.15, 0.2) is 0 Å². The van der Waals surface area contributed by atoms with Crippen LogP contribution >= 0.6 is 0 Å². The van der Waals surface area contributed by atoms with Crippen LogP contribution < -0.4 is 0 Å². The molecule has 2 radical (unpaired) electrons. The van der Waals surface area contributed by atoms with Crippen molar-refractivity contribution in [1.29, 1.82) is 0 Å². The van der Waals surface area contributed by atoms with Crippen LogP contribution in [0.2, 0.25) is 0 Å². The van der Waals surface area contributed by atoms with Gasteiger partial charge in [0.25, 0.3) is 0 Å². The van der Waals surface area contributed by atoms with Gasteiger partial charge in [0.1, 0.15) is 5.78 Å². The average molecular weight is 291 g/mol. The number of hydrogen-bond donors (Lipinski definition) is 0. The summed E-state index contributed by atoms with van der Waals surface area (Å²) in [4.78, 5) is 9.81. The molecule has 3 heteroatoms. The molecule has 0 aromatic carbocycles. The van der Waals surface area contributed by atoms with Gasteiger partial charge in [-0.05, 0) is 6.92 Å². The summed E-state index contributed by atoms with van der Waals surface area (Å²) in [6, 6.07) is 0. The Morgan fingerprint density at radius 3 is 1.60 bits per heavy atom. The Labute approximate surface area is 114 Å². The fraction of sp³-hybridized carbons (Fsp3) is 0.571. The van der Waals surface area contributed by atoms with Crippen LogP contribution in [0.15, 0.2) is 6.08 Å². The molecule has 0 aromatic heterocycles. The molecule has 0 bridgehead atoms. The second kappa shape index (κ2) is 22.4. The zero-order valence-electron chi connectivity index (χ0n) is 6.92. The number of rotatable bonds is 1. The van der Waals surface area contributed by atoms with Crippen molar-refractivity contribution < 1.29 is 70.2 Å². The number of carbonyl (C=O) groups is 1. The number of hydrogen-bond acceptors (Lipinski definition) is 1. The van der Waals surface area contributed by atoms with Crippen LogP contribution in [0.3, 0.4) is 0 Å². The van der Waals surface area contributed by atoms with E-state index in [1.54, 1.807) is 13.8 Å². The molecule has 1 nitrogen and oxygen atoms in total. The van der Waals surface area contributed by atoms with Crippen LogP contribution in [-0.2, 0) is 70.2 Å². The molecular weight excluding hydrogens is 278 g/mol. The number of carbonyl (C=O) groups excluding carboxylic acids is 1. The fourth-order valence-electron chi connectivity index (χ4n) is 0. The summed E-state index contributed by atoms with van der Waals surface area (Å²) in [7, 11) is 0. The molecular formula is C7H13OY2-. The van der Waals surface area contributed by atoms with Gasteiger partial charge in [0.2, 0.25) is 0 Å². The minimum atomic E-state index is 0. The summed E-state index contributed by atoms with van der Waals surface area (Å²) in [5.74, 6) is 0.255. The van der Waals surface area contributed by atoms with Crippen molar-refractivity contribution in [3.8, 4) is 0 Å². The maximum absolute atomic E-state index is 9.81. The summed E-state index contributed by atoms with van der Waals surface area (Å²) < 4.78 is 0. The SMILES string of the molecule is CCC(C)=O.[CH-]=CC.[Y].[Y]. The van der Waals surface area contributed by atoms with Crippen LogP contribution in [0.5, 0.6) is 0 Å².